The summed E-state index contributed by atoms with van der Waals surface area (Å²) in [5, 5.41) is 20.6. The largest absolute Gasteiger partial charge is 0.394 e. The van der Waals surface area contributed by atoms with Crippen molar-refractivity contribution in [2.24, 2.45) is 0 Å². The van der Waals surface area contributed by atoms with Gasteiger partial charge in [-0.3, -0.25) is 0 Å². The van der Waals surface area contributed by atoms with Crippen molar-refractivity contribution in [2.75, 3.05) is 6.61 Å². The van der Waals surface area contributed by atoms with Crippen LogP contribution in [0.5, 0.6) is 0 Å². The first-order valence-electron chi connectivity index (χ1n) is 7.98. The minimum Gasteiger partial charge on any atom is -0.394 e. The van der Waals surface area contributed by atoms with Gasteiger partial charge in [0.25, 0.3) is 0 Å². The number of aromatic nitrogens is 1. The molecule has 2 fully saturated rings. The molecule has 0 spiro atoms. The number of halogens is 3. The van der Waals surface area contributed by atoms with Gasteiger partial charge in [0.05, 0.1) is 27.7 Å². The number of aliphatic hydroxyl groups excluding tert-OH is 1. The van der Waals surface area contributed by atoms with Crippen molar-refractivity contribution in [1.29, 1.82) is 5.26 Å². The zero-order valence-electron chi connectivity index (χ0n) is 13.9. The van der Waals surface area contributed by atoms with Crippen LogP contribution in [0.4, 0.5) is 0 Å². The van der Waals surface area contributed by atoms with Crippen LogP contribution in [0.1, 0.15) is 25.6 Å². The second-order valence-electron chi connectivity index (χ2n) is 6.74. The lowest BCUT2D eigenvalue weighted by atomic mass is 10.1. The minimum atomic E-state index is -0.820. The smallest absolute Gasteiger partial charge is 0.164 e. The molecule has 2 aliphatic heterocycles. The summed E-state index contributed by atoms with van der Waals surface area (Å²) in [6, 6.07) is 5.34. The van der Waals surface area contributed by atoms with E-state index in [0.717, 1.165) is 0 Å². The molecule has 2 saturated heterocycles. The highest BCUT2D eigenvalue weighted by atomic mass is 35.5. The van der Waals surface area contributed by atoms with Crippen molar-refractivity contribution in [2.45, 2.75) is 44.2 Å². The number of ether oxygens (including phenoxy) is 3. The molecule has 1 aromatic carbocycles. The zero-order valence-corrected chi connectivity index (χ0v) is 16.1. The Kier molecular flexibility index (Phi) is 4.41. The third kappa shape index (κ3) is 2.62. The Bertz CT molecular complexity index is 936. The summed E-state index contributed by atoms with van der Waals surface area (Å²) in [6.07, 6.45) is -2.22. The number of nitrogens with zero attached hydrogens (tertiary/aromatic N) is 2. The first-order chi connectivity index (χ1) is 12.3. The molecule has 2 aromatic rings. The monoisotopic (exact) mass is 416 g/mol. The molecule has 26 heavy (non-hydrogen) atoms. The standard InChI is InChI=1S/C17H15Cl3N2O4/c1-17(2)25-13-12(6-23)24-16(14(13)26-17)22-11-4-10(19)9(18)3-7(11)8(5-21)15(22)20/h3-4,12-14,16,23H,6H2,1-2H3/t12-,13?,14?,16-/m1/s1. The van der Waals surface area contributed by atoms with Crippen molar-refractivity contribution >= 4 is 45.7 Å². The number of fused-ring (bicyclic) bond motifs is 2. The van der Waals surface area contributed by atoms with E-state index in [1.54, 1.807) is 30.5 Å². The van der Waals surface area contributed by atoms with E-state index in [9.17, 15) is 10.4 Å². The fourth-order valence-corrected chi connectivity index (χ4v) is 4.30. The second-order valence-corrected chi connectivity index (χ2v) is 7.92. The maximum Gasteiger partial charge on any atom is 0.164 e. The summed E-state index contributed by atoms with van der Waals surface area (Å²) in [4.78, 5) is 0. The van der Waals surface area contributed by atoms with Crippen LogP contribution in [0.25, 0.3) is 10.9 Å². The molecule has 6 nitrogen and oxygen atoms in total. The van der Waals surface area contributed by atoms with Crippen molar-refractivity contribution < 1.29 is 19.3 Å². The number of nitriles is 1. The van der Waals surface area contributed by atoms with Gasteiger partial charge in [0.1, 0.15) is 29.5 Å². The maximum absolute atomic E-state index is 9.67. The molecule has 0 amide bonds. The summed E-state index contributed by atoms with van der Waals surface area (Å²) in [5.74, 6) is -0.820. The van der Waals surface area contributed by atoms with Crippen LogP contribution in [0.15, 0.2) is 12.1 Å². The van der Waals surface area contributed by atoms with Crippen LogP contribution in [0, 0.1) is 11.3 Å². The van der Waals surface area contributed by atoms with Crippen molar-refractivity contribution in [3.05, 3.63) is 32.9 Å². The molecule has 0 aliphatic carbocycles. The molecular formula is C17H15Cl3N2O4. The average Bonchev–Trinajstić information content (AvgIpc) is 3.14. The Hall–Kier alpha value is -1.04. The van der Waals surface area contributed by atoms with Gasteiger partial charge in [0.2, 0.25) is 0 Å². The van der Waals surface area contributed by atoms with Crippen LogP contribution in [-0.4, -0.2) is 40.4 Å². The zero-order chi connectivity index (χ0) is 18.8. The fourth-order valence-electron chi connectivity index (χ4n) is 3.64. The van der Waals surface area contributed by atoms with Gasteiger partial charge in [-0.15, -0.1) is 0 Å². The molecule has 3 heterocycles. The van der Waals surface area contributed by atoms with Crippen molar-refractivity contribution in [1.82, 2.24) is 4.57 Å². The van der Waals surface area contributed by atoms with Crippen LogP contribution in [-0.2, 0) is 14.2 Å². The number of hydrogen-bond donors (Lipinski definition) is 1. The lowest BCUT2D eigenvalue weighted by molar-refractivity contribution is -0.199. The Morgan fingerprint density at radius 3 is 2.50 bits per heavy atom. The number of rotatable bonds is 2. The molecule has 0 radical (unpaired) electrons. The van der Waals surface area contributed by atoms with Gasteiger partial charge in [-0.1, -0.05) is 34.8 Å². The van der Waals surface area contributed by atoms with Gasteiger partial charge in [-0.25, -0.2) is 0 Å². The first-order valence-corrected chi connectivity index (χ1v) is 9.11. The molecule has 138 valence electrons. The van der Waals surface area contributed by atoms with E-state index in [1.165, 1.54) is 0 Å². The molecule has 4 rings (SSSR count). The predicted octanol–water partition coefficient (Wildman–Crippen LogP) is 3.88. The summed E-state index contributed by atoms with van der Waals surface area (Å²) in [6.45, 7) is 3.36. The molecule has 2 aliphatic rings. The highest BCUT2D eigenvalue weighted by Crippen LogP contribution is 2.46. The highest BCUT2D eigenvalue weighted by molar-refractivity contribution is 6.43. The fraction of sp³-hybridized carbons (Fsp3) is 0.471. The van der Waals surface area contributed by atoms with Crippen molar-refractivity contribution in [3.63, 3.8) is 0 Å². The van der Waals surface area contributed by atoms with E-state index in [2.05, 4.69) is 6.07 Å². The quantitative estimate of drug-likeness (QED) is 0.802. The van der Waals surface area contributed by atoms with Gasteiger partial charge < -0.3 is 23.9 Å². The van der Waals surface area contributed by atoms with E-state index in [-0.39, 0.29) is 17.3 Å². The SMILES string of the molecule is CC1(C)OC2C(O1)[C@@H](CO)O[C@H]2n1c(Cl)c(C#N)c2cc(Cl)c(Cl)cc21. The Labute approximate surface area is 164 Å². The molecule has 4 atom stereocenters. The third-order valence-corrected chi connectivity index (χ3v) is 5.75. The normalized spacial score (nSPS) is 29.9. The lowest BCUT2D eigenvalue weighted by Crippen LogP contribution is -2.31. The Balaban J connectivity index is 1.91. The van der Waals surface area contributed by atoms with Gasteiger partial charge in [0.15, 0.2) is 12.0 Å². The molecule has 0 bridgehead atoms. The summed E-state index contributed by atoms with van der Waals surface area (Å²) >= 11 is 18.8. The van der Waals surface area contributed by atoms with E-state index in [0.29, 0.717) is 20.9 Å². The van der Waals surface area contributed by atoms with Crippen molar-refractivity contribution in [3.8, 4) is 6.07 Å². The average molecular weight is 418 g/mol. The Morgan fingerprint density at radius 2 is 1.85 bits per heavy atom. The van der Waals surface area contributed by atoms with Crippen LogP contribution in [0.3, 0.4) is 0 Å². The maximum atomic E-state index is 9.67. The Morgan fingerprint density at radius 1 is 1.19 bits per heavy atom. The molecular weight excluding hydrogens is 403 g/mol. The van der Waals surface area contributed by atoms with Crippen LogP contribution >= 0.6 is 34.8 Å². The van der Waals surface area contributed by atoms with E-state index in [4.69, 9.17) is 49.0 Å². The van der Waals surface area contributed by atoms with E-state index >= 15 is 0 Å². The lowest BCUT2D eigenvalue weighted by Gasteiger charge is -2.25. The van der Waals surface area contributed by atoms with Gasteiger partial charge in [-0.05, 0) is 26.0 Å². The molecule has 9 heteroatoms. The number of benzene rings is 1. The van der Waals surface area contributed by atoms with Gasteiger partial charge >= 0.3 is 0 Å². The van der Waals surface area contributed by atoms with Crippen LogP contribution < -0.4 is 0 Å². The van der Waals surface area contributed by atoms with Gasteiger partial charge in [0, 0.05) is 5.39 Å². The molecule has 2 unspecified atom stereocenters. The summed E-state index contributed by atoms with van der Waals surface area (Å²) < 4.78 is 19.5. The first kappa shape index (κ1) is 18.3. The number of hydrogen-bond acceptors (Lipinski definition) is 5. The topological polar surface area (TPSA) is 76.6 Å². The second kappa shape index (κ2) is 6.25. The summed E-state index contributed by atoms with van der Waals surface area (Å²) in [5.41, 5.74) is 0.864. The third-order valence-electron chi connectivity index (χ3n) is 4.66. The van der Waals surface area contributed by atoms with Gasteiger partial charge in [-0.2, -0.15) is 5.26 Å². The number of aliphatic hydroxyl groups is 1. The molecule has 1 aromatic heterocycles. The molecule has 0 saturated carbocycles. The highest BCUT2D eigenvalue weighted by Gasteiger charge is 2.56. The summed E-state index contributed by atoms with van der Waals surface area (Å²) in [7, 11) is 0. The minimum absolute atomic E-state index is 0.191. The van der Waals surface area contributed by atoms with Crippen LogP contribution in [0.2, 0.25) is 15.2 Å². The van der Waals surface area contributed by atoms with E-state index in [1.807, 2.05) is 0 Å². The molecule has 1 N–H and O–H groups in total. The van der Waals surface area contributed by atoms with E-state index < -0.39 is 30.3 Å². The predicted molar refractivity (Wildman–Crippen MR) is 96.5 cm³/mol.